The van der Waals surface area contributed by atoms with Gasteiger partial charge in [0.1, 0.15) is 5.60 Å². The third-order valence-electron chi connectivity index (χ3n) is 2.55. The summed E-state index contributed by atoms with van der Waals surface area (Å²) in [7, 11) is 0. The number of nitrogens with zero attached hydrogens (tertiary/aromatic N) is 1. The molecule has 1 N–H and O–H groups in total. The Balaban J connectivity index is 2.81. The average Bonchev–Trinajstić information content (AvgIpc) is 2.40. The van der Waals surface area contributed by atoms with Gasteiger partial charge in [-0.3, -0.25) is 10.1 Å². The van der Waals surface area contributed by atoms with E-state index in [1.807, 2.05) is 0 Å². The van der Waals surface area contributed by atoms with Crippen molar-refractivity contribution in [1.82, 2.24) is 5.32 Å². The van der Waals surface area contributed by atoms with Crippen LogP contribution in [0.3, 0.4) is 0 Å². The molecule has 1 rings (SSSR count). The number of halogens is 3. The van der Waals surface area contributed by atoms with Gasteiger partial charge in [-0.25, -0.2) is 4.79 Å². The molecule has 0 aromatic heterocycles. The maximum atomic E-state index is 12.7. The van der Waals surface area contributed by atoms with Gasteiger partial charge in [0.2, 0.25) is 0 Å². The number of alkyl halides is 3. The van der Waals surface area contributed by atoms with E-state index in [0.29, 0.717) is 6.07 Å². The highest BCUT2D eigenvalue weighted by atomic mass is 19.4. The lowest BCUT2D eigenvalue weighted by Crippen LogP contribution is -2.32. The second-order valence-corrected chi connectivity index (χ2v) is 5.85. The van der Waals surface area contributed by atoms with Gasteiger partial charge in [0.15, 0.2) is 0 Å². The predicted molar refractivity (Wildman–Crippen MR) is 81.4 cm³/mol. The molecule has 132 valence electrons. The zero-order valence-corrected chi connectivity index (χ0v) is 13.3. The van der Waals surface area contributed by atoms with E-state index in [1.54, 1.807) is 20.8 Å². The molecule has 9 heteroatoms. The van der Waals surface area contributed by atoms with E-state index < -0.39 is 34.0 Å². The van der Waals surface area contributed by atoms with Crippen LogP contribution in [0.1, 0.15) is 31.9 Å². The highest BCUT2D eigenvalue weighted by molar-refractivity contribution is 5.68. The van der Waals surface area contributed by atoms with Crippen LogP contribution in [-0.4, -0.2) is 23.2 Å². The van der Waals surface area contributed by atoms with Crippen molar-refractivity contribution in [3.8, 4) is 0 Å². The molecule has 6 nitrogen and oxygen atoms in total. The Morgan fingerprint density at radius 1 is 1.29 bits per heavy atom. The molecule has 24 heavy (non-hydrogen) atoms. The average molecular weight is 346 g/mol. The Morgan fingerprint density at radius 3 is 2.42 bits per heavy atom. The summed E-state index contributed by atoms with van der Waals surface area (Å²) in [4.78, 5) is 21.2. The zero-order chi connectivity index (χ0) is 18.5. The van der Waals surface area contributed by atoms with E-state index >= 15 is 0 Å². The molecular formula is C15H17F3N2O4. The van der Waals surface area contributed by atoms with Crippen molar-refractivity contribution in [2.45, 2.75) is 32.5 Å². The first-order valence-electron chi connectivity index (χ1n) is 6.88. The van der Waals surface area contributed by atoms with E-state index in [0.717, 1.165) is 12.1 Å². The lowest BCUT2D eigenvalue weighted by molar-refractivity contribution is -0.385. The van der Waals surface area contributed by atoms with Crippen molar-refractivity contribution >= 4 is 17.9 Å². The van der Waals surface area contributed by atoms with Gasteiger partial charge in [0.05, 0.1) is 10.5 Å². The van der Waals surface area contributed by atoms with Crippen LogP contribution >= 0.6 is 0 Å². The Morgan fingerprint density at radius 2 is 1.92 bits per heavy atom. The number of rotatable bonds is 4. The van der Waals surface area contributed by atoms with Crippen LogP contribution in [0.4, 0.5) is 23.7 Å². The van der Waals surface area contributed by atoms with Gasteiger partial charge in [-0.05, 0) is 32.4 Å². The van der Waals surface area contributed by atoms with E-state index in [2.05, 4.69) is 5.32 Å². The van der Waals surface area contributed by atoms with Gasteiger partial charge in [0, 0.05) is 18.7 Å². The van der Waals surface area contributed by atoms with Crippen LogP contribution in [0.25, 0.3) is 6.08 Å². The molecule has 0 saturated carbocycles. The van der Waals surface area contributed by atoms with Crippen LogP contribution in [0.2, 0.25) is 0 Å². The largest absolute Gasteiger partial charge is 0.444 e. The maximum Gasteiger partial charge on any atom is 0.416 e. The highest BCUT2D eigenvalue weighted by Crippen LogP contribution is 2.32. The van der Waals surface area contributed by atoms with Gasteiger partial charge >= 0.3 is 12.3 Å². The molecule has 0 aliphatic carbocycles. The Kier molecular flexibility index (Phi) is 5.94. The smallest absolute Gasteiger partial charge is 0.416 e. The molecule has 0 bridgehead atoms. The van der Waals surface area contributed by atoms with Crippen LogP contribution < -0.4 is 5.32 Å². The van der Waals surface area contributed by atoms with Crippen molar-refractivity contribution in [1.29, 1.82) is 0 Å². The second kappa shape index (κ2) is 7.33. The minimum Gasteiger partial charge on any atom is -0.444 e. The minimum atomic E-state index is -4.69. The van der Waals surface area contributed by atoms with Crippen molar-refractivity contribution in [2.24, 2.45) is 0 Å². The first-order valence-corrected chi connectivity index (χ1v) is 6.88. The minimum absolute atomic E-state index is 0.00104. The van der Waals surface area contributed by atoms with Gasteiger partial charge in [-0.1, -0.05) is 12.2 Å². The molecule has 0 atom stereocenters. The summed E-state index contributed by atoms with van der Waals surface area (Å²) in [5.74, 6) is 0. The van der Waals surface area contributed by atoms with Crippen molar-refractivity contribution in [2.75, 3.05) is 6.54 Å². The van der Waals surface area contributed by atoms with Gasteiger partial charge < -0.3 is 10.1 Å². The number of benzene rings is 1. The quantitative estimate of drug-likeness (QED) is 0.656. The Labute approximate surface area is 136 Å². The standard InChI is InChI=1S/C15H17F3N2O4/c1-14(2,3)24-13(21)19-6-4-5-10-7-11(15(16,17)18)9-12(8-10)20(22)23/h4-5,7-9H,6H2,1-3H3,(H,19,21). The summed E-state index contributed by atoms with van der Waals surface area (Å²) < 4.78 is 43.2. The summed E-state index contributed by atoms with van der Waals surface area (Å²) in [6.45, 7) is 5.05. The molecule has 0 spiro atoms. The third kappa shape index (κ3) is 6.67. The summed E-state index contributed by atoms with van der Waals surface area (Å²) in [6, 6.07) is 2.27. The molecule has 0 unspecified atom stereocenters. The van der Waals surface area contributed by atoms with Gasteiger partial charge in [0.25, 0.3) is 5.69 Å². The second-order valence-electron chi connectivity index (χ2n) is 5.85. The summed E-state index contributed by atoms with van der Waals surface area (Å²) in [5, 5.41) is 13.1. The number of alkyl carbamates (subject to hydrolysis) is 1. The summed E-state index contributed by atoms with van der Waals surface area (Å²) in [5.41, 5.74) is -2.45. The fourth-order valence-corrected chi connectivity index (χ4v) is 1.65. The number of nitrogens with one attached hydrogen (secondary N) is 1. The van der Waals surface area contributed by atoms with Crippen LogP contribution in [0, 0.1) is 10.1 Å². The van der Waals surface area contributed by atoms with E-state index in [4.69, 9.17) is 4.74 Å². The number of non-ortho nitro benzene ring substituents is 1. The number of ether oxygens (including phenoxy) is 1. The molecular weight excluding hydrogens is 329 g/mol. The molecule has 1 amide bonds. The highest BCUT2D eigenvalue weighted by Gasteiger charge is 2.32. The van der Waals surface area contributed by atoms with E-state index in [1.165, 1.54) is 12.2 Å². The predicted octanol–water partition coefficient (Wildman–Crippen LogP) is 4.15. The van der Waals surface area contributed by atoms with Crippen molar-refractivity contribution < 1.29 is 27.6 Å². The summed E-state index contributed by atoms with van der Waals surface area (Å²) >= 11 is 0. The van der Waals surface area contributed by atoms with Gasteiger partial charge in [-0.2, -0.15) is 13.2 Å². The van der Waals surface area contributed by atoms with Crippen LogP contribution in [-0.2, 0) is 10.9 Å². The van der Waals surface area contributed by atoms with Crippen molar-refractivity contribution in [3.63, 3.8) is 0 Å². The van der Waals surface area contributed by atoms with E-state index in [9.17, 15) is 28.1 Å². The molecule has 0 fully saturated rings. The lowest BCUT2D eigenvalue weighted by atomic mass is 10.1. The lowest BCUT2D eigenvalue weighted by Gasteiger charge is -2.19. The molecule has 0 radical (unpaired) electrons. The van der Waals surface area contributed by atoms with E-state index in [-0.39, 0.29) is 12.1 Å². The van der Waals surface area contributed by atoms with Crippen LogP contribution in [0.15, 0.2) is 24.3 Å². The molecule has 1 aromatic carbocycles. The number of carbonyl (C=O) groups is 1. The number of hydrogen-bond donors (Lipinski definition) is 1. The summed E-state index contributed by atoms with van der Waals surface area (Å²) in [6.07, 6.45) is -2.76. The maximum absolute atomic E-state index is 12.7. The molecule has 0 aliphatic heterocycles. The number of hydrogen-bond acceptors (Lipinski definition) is 4. The normalized spacial score (nSPS) is 12.2. The number of carbonyl (C=O) groups excluding carboxylic acids is 1. The third-order valence-corrected chi connectivity index (χ3v) is 2.55. The van der Waals surface area contributed by atoms with Gasteiger partial charge in [-0.15, -0.1) is 0 Å². The van der Waals surface area contributed by atoms with Crippen molar-refractivity contribution in [3.05, 3.63) is 45.5 Å². The zero-order valence-electron chi connectivity index (χ0n) is 13.3. The van der Waals surface area contributed by atoms with Crippen LogP contribution in [0.5, 0.6) is 0 Å². The first-order chi connectivity index (χ1) is 10.9. The first kappa shape index (κ1) is 19.5. The number of amides is 1. The topological polar surface area (TPSA) is 81.5 Å². The molecule has 0 heterocycles. The fourth-order valence-electron chi connectivity index (χ4n) is 1.65. The molecule has 0 saturated heterocycles. The number of nitro benzene ring substituents is 1. The SMILES string of the molecule is CC(C)(C)OC(=O)NCC=Cc1cc([N+](=O)[O-])cc(C(F)(F)F)c1. The fraction of sp³-hybridized carbons (Fsp3) is 0.400. The Hall–Kier alpha value is -2.58. The molecule has 1 aromatic rings. The number of nitro groups is 1. The Bertz CT molecular complexity index is 649. The molecule has 0 aliphatic rings. The monoisotopic (exact) mass is 346 g/mol.